The fraction of sp³-hybridized carbons (Fsp3) is 0.917. The number of rotatable bonds is 0. The molecule has 0 aromatic carbocycles. The lowest BCUT2D eigenvalue weighted by Crippen LogP contribution is -2.61. The number of ether oxygens (including phenoxy) is 1. The van der Waals surface area contributed by atoms with Crippen LogP contribution in [0.5, 0.6) is 0 Å². The van der Waals surface area contributed by atoms with E-state index in [-0.39, 0.29) is 11.6 Å². The zero-order valence-electron chi connectivity index (χ0n) is 10.7. The fourth-order valence-electron chi connectivity index (χ4n) is 2.72. The molecule has 2 heterocycles. The number of hydrogen-bond donors (Lipinski definition) is 1. The van der Waals surface area contributed by atoms with Gasteiger partial charge in [0.25, 0.3) is 0 Å². The van der Waals surface area contributed by atoms with Crippen molar-refractivity contribution in [2.75, 3.05) is 13.1 Å². The van der Waals surface area contributed by atoms with Crippen molar-refractivity contribution in [2.24, 2.45) is 0 Å². The maximum atomic E-state index is 12.2. The van der Waals surface area contributed by atoms with Crippen molar-refractivity contribution >= 4 is 6.09 Å². The first-order valence-corrected chi connectivity index (χ1v) is 6.05. The van der Waals surface area contributed by atoms with E-state index in [1.807, 2.05) is 25.7 Å². The number of fused-ring (bicyclic) bond motifs is 2. The number of nitrogens with one attached hydrogen (secondary N) is 1. The third-order valence-corrected chi connectivity index (χ3v) is 3.44. The summed E-state index contributed by atoms with van der Waals surface area (Å²) in [4.78, 5) is 14.1. The predicted octanol–water partition coefficient (Wildman–Crippen LogP) is 1.75. The van der Waals surface area contributed by atoms with Gasteiger partial charge in [-0.1, -0.05) is 0 Å². The molecule has 0 saturated carbocycles. The van der Waals surface area contributed by atoms with Crippen molar-refractivity contribution < 1.29 is 9.53 Å². The average Bonchev–Trinajstić information content (AvgIpc) is 2.30. The smallest absolute Gasteiger partial charge is 0.411 e. The predicted molar refractivity (Wildman–Crippen MR) is 62.4 cm³/mol. The summed E-state index contributed by atoms with van der Waals surface area (Å²) in [6, 6.07) is 0.314. The van der Waals surface area contributed by atoms with Crippen LogP contribution in [0.4, 0.5) is 4.79 Å². The Hall–Kier alpha value is -0.770. The van der Waals surface area contributed by atoms with E-state index in [2.05, 4.69) is 12.2 Å². The molecule has 0 radical (unpaired) electrons. The highest BCUT2D eigenvalue weighted by molar-refractivity contribution is 5.70. The summed E-state index contributed by atoms with van der Waals surface area (Å²) in [7, 11) is 0. The van der Waals surface area contributed by atoms with Crippen molar-refractivity contribution in [3.05, 3.63) is 0 Å². The van der Waals surface area contributed by atoms with Gasteiger partial charge in [-0.15, -0.1) is 0 Å². The largest absolute Gasteiger partial charge is 0.444 e. The first kappa shape index (κ1) is 11.7. The van der Waals surface area contributed by atoms with Crippen LogP contribution in [0.25, 0.3) is 0 Å². The summed E-state index contributed by atoms with van der Waals surface area (Å²) in [5.41, 5.74) is -0.455. The highest BCUT2D eigenvalue weighted by Gasteiger charge is 2.49. The van der Waals surface area contributed by atoms with Crippen LogP contribution < -0.4 is 5.32 Å². The van der Waals surface area contributed by atoms with Gasteiger partial charge in [0, 0.05) is 19.1 Å². The van der Waals surface area contributed by atoms with Crippen LogP contribution in [0.2, 0.25) is 0 Å². The molecule has 2 atom stereocenters. The lowest BCUT2D eigenvalue weighted by Gasteiger charge is -2.43. The Balaban J connectivity index is 2.12. The molecule has 2 bridgehead atoms. The van der Waals surface area contributed by atoms with Gasteiger partial charge < -0.3 is 10.1 Å². The summed E-state index contributed by atoms with van der Waals surface area (Å²) in [6.45, 7) is 9.66. The molecule has 1 amide bonds. The molecule has 92 valence electrons. The number of nitrogens with zero attached hydrogens (tertiary/aromatic N) is 1. The SMILES string of the molecule is CC(C)(C)OC(=O)N1[C@@H]2CC[C@@]1(C)CNC2. The summed E-state index contributed by atoms with van der Waals surface area (Å²) < 4.78 is 5.48. The van der Waals surface area contributed by atoms with Crippen LogP contribution >= 0.6 is 0 Å². The third-order valence-electron chi connectivity index (χ3n) is 3.44. The number of piperazine rings is 1. The van der Waals surface area contributed by atoms with E-state index in [0.717, 1.165) is 25.9 Å². The molecule has 2 rings (SSSR count). The maximum Gasteiger partial charge on any atom is 0.411 e. The van der Waals surface area contributed by atoms with Crippen molar-refractivity contribution in [1.29, 1.82) is 0 Å². The second-order valence-electron chi connectivity index (χ2n) is 6.17. The van der Waals surface area contributed by atoms with E-state index >= 15 is 0 Å². The molecule has 0 aromatic heterocycles. The number of hydrogen-bond acceptors (Lipinski definition) is 3. The first-order chi connectivity index (χ1) is 7.32. The van der Waals surface area contributed by atoms with Crippen LogP contribution in [0.1, 0.15) is 40.5 Å². The van der Waals surface area contributed by atoms with Gasteiger partial charge in [0.1, 0.15) is 5.60 Å². The summed E-state index contributed by atoms with van der Waals surface area (Å²) >= 11 is 0. The summed E-state index contributed by atoms with van der Waals surface area (Å²) in [5.74, 6) is 0. The van der Waals surface area contributed by atoms with Crippen LogP contribution in [0.3, 0.4) is 0 Å². The normalized spacial score (nSPS) is 34.0. The van der Waals surface area contributed by atoms with Crippen molar-refractivity contribution in [1.82, 2.24) is 10.2 Å². The Kier molecular flexibility index (Phi) is 2.65. The summed E-state index contributed by atoms with van der Waals surface area (Å²) in [5, 5.41) is 3.39. The second-order valence-corrected chi connectivity index (χ2v) is 6.17. The minimum atomic E-state index is -0.405. The Morgan fingerprint density at radius 3 is 2.75 bits per heavy atom. The monoisotopic (exact) mass is 226 g/mol. The maximum absolute atomic E-state index is 12.2. The molecule has 4 nitrogen and oxygen atoms in total. The molecule has 0 unspecified atom stereocenters. The zero-order valence-corrected chi connectivity index (χ0v) is 10.7. The average molecular weight is 226 g/mol. The van der Waals surface area contributed by atoms with E-state index in [1.165, 1.54) is 0 Å². The highest BCUT2D eigenvalue weighted by atomic mass is 16.6. The Labute approximate surface area is 97.3 Å². The molecule has 0 spiro atoms. The van der Waals surface area contributed by atoms with Crippen molar-refractivity contribution in [2.45, 2.75) is 57.7 Å². The van der Waals surface area contributed by atoms with Crippen molar-refractivity contribution in [3.63, 3.8) is 0 Å². The molecule has 2 aliphatic heterocycles. The second kappa shape index (κ2) is 3.62. The molecule has 0 aromatic rings. The lowest BCUT2D eigenvalue weighted by molar-refractivity contribution is -0.00607. The van der Waals surface area contributed by atoms with Gasteiger partial charge in [-0.3, -0.25) is 4.90 Å². The van der Waals surface area contributed by atoms with Gasteiger partial charge in [-0.25, -0.2) is 4.79 Å². The number of carbonyl (C=O) groups excluding carboxylic acids is 1. The van der Waals surface area contributed by atoms with E-state index in [4.69, 9.17) is 4.74 Å². The minimum Gasteiger partial charge on any atom is -0.444 e. The minimum absolute atomic E-state index is 0.0503. The molecule has 2 fully saturated rings. The van der Waals surface area contributed by atoms with E-state index in [9.17, 15) is 4.79 Å². The van der Waals surface area contributed by atoms with Crippen LogP contribution in [0, 0.1) is 0 Å². The number of carbonyl (C=O) groups is 1. The molecule has 0 aliphatic carbocycles. The molecular weight excluding hydrogens is 204 g/mol. The van der Waals surface area contributed by atoms with Gasteiger partial charge in [0.15, 0.2) is 0 Å². The summed E-state index contributed by atoms with van der Waals surface area (Å²) in [6.07, 6.45) is 2.01. The topological polar surface area (TPSA) is 41.6 Å². The Morgan fingerprint density at radius 1 is 1.50 bits per heavy atom. The van der Waals surface area contributed by atoms with Crippen LogP contribution in [0.15, 0.2) is 0 Å². The van der Waals surface area contributed by atoms with Crippen LogP contribution in [-0.2, 0) is 4.74 Å². The van der Waals surface area contributed by atoms with Gasteiger partial charge in [0.2, 0.25) is 0 Å². The molecule has 2 saturated heterocycles. The molecular formula is C12H22N2O2. The molecule has 16 heavy (non-hydrogen) atoms. The molecule has 2 aliphatic rings. The van der Waals surface area contributed by atoms with Crippen molar-refractivity contribution in [3.8, 4) is 0 Å². The van der Waals surface area contributed by atoms with Crippen LogP contribution in [-0.4, -0.2) is 41.3 Å². The van der Waals surface area contributed by atoms with Gasteiger partial charge in [-0.2, -0.15) is 0 Å². The van der Waals surface area contributed by atoms with Gasteiger partial charge in [0.05, 0.1) is 5.54 Å². The first-order valence-electron chi connectivity index (χ1n) is 6.05. The van der Waals surface area contributed by atoms with E-state index in [0.29, 0.717) is 6.04 Å². The fourth-order valence-corrected chi connectivity index (χ4v) is 2.72. The standard InChI is InChI=1S/C12H22N2O2/c1-11(2,3)16-10(15)14-9-5-6-12(14,4)8-13-7-9/h9,13H,5-8H2,1-4H3/t9-,12+/m1/s1. The van der Waals surface area contributed by atoms with E-state index < -0.39 is 5.60 Å². The number of amides is 1. The zero-order chi connectivity index (χ0) is 12.0. The third kappa shape index (κ3) is 2.03. The Morgan fingerprint density at radius 2 is 2.19 bits per heavy atom. The van der Waals surface area contributed by atoms with E-state index in [1.54, 1.807) is 0 Å². The lowest BCUT2D eigenvalue weighted by atomic mass is 9.99. The van der Waals surface area contributed by atoms with Gasteiger partial charge in [-0.05, 0) is 40.5 Å². The molecule has 4 heteroatoms. The quantitative estimate of drug-likeness (QED) is 0.684. The Bertz CT molecular complexity index is 294. The molecule has 1 N–H and O–H groups in total. The van der Waals surface area contributed by atoms with Gasteiger partial charge >= 0.3 is 6.09 Å². The highest BCUT2D eigenvalue weighted by Crippen LogP contribution is 2.36.